The summed E-state index contributed by atoms with van der Waals surface area (Å²) in [7, 11) is 0. The number of amides is 2. The monoisotopic (exact) mass is 546 g/mol. The normalized spacial score (nSPS) is 14.7. The molecule has 0 aromatic heterocycles. The van der Waals surface area contributed by atoms with Crippen LogP contribution in [0.25, 0.3) is 0 Å². The molecule has 0 saturated heterocycles. The third-order valence-electron chi connectivity index (χ3n) is 4.16. The van der Waals surface area contributed by atoms with Gasteiger partial charge in [0.25, 0.3) is 12.2 Å². The summed E-state index contributed by atoms with van der Waals surface area (Å²) in [6, 6.07) is 0. The predicted molar refractivity (Wildman–Crippen MR) is 92.9 cm³/mol. The Morgan fingerprint density at radius 3 is 1.37 bits per heavy atom. The second-order valence-corrected chi connectivity index (χ2v) is 8.28. The van der Waals surface area contributed by atoms with E-state index in [4.69, 9.17) is 0 Å². The minimum Gasteiger partial charge on any atom is -0.427 e. The van der Waals surface area contributed by atoms with Crippen LogP contribution in [0.5, 0.6) is 0 Å². The van der Waals surface area contributed by atoms with Crippen molar-refractivity contribution >= 4 is 12.2 Å². The number of carbonyl (C=O) groups is 2. The first-order valence-corrected chi connectivity index (χ1v) is 9.52. The molecule has 208 valence electrons. The molecular formula is C17H22F12N2O4. The lowest BCUT2D eigenvalue weighted by molar-refractivity contribution is -0.307. The zero-order chi connectivity index (χ0) is 28.0. The van der Waals surface area contributed by atoms with E-state index in [-0.39, 0.29) is 12.8 Å². The van der Waals surface area contributed by atoms with Gasteiger partial charge in [-0.1, -0.05) is 20.8 Å². The van der Waals surface area contributed by atoms with E-state index in [1.54, 1.807) is 10.6 Å². The number of rotatable bonds is 9. The lowest BCUT2D eigenvalue weighted by atomic mass is 9.82. The molecule has 35 heavy (non-hydrogen) atoms. The molecule has 0 fully saturated rings. The topological polar surface area (TPSA) is 76.7 Å². The molecule has 0 aliphatic carbocycles. The first kappa shape index (κ1) is 32.7. The molecule has 0 radical (unpaired) electrons. The molecule has 0 aliphatic rings. The van der Waals surface area contributed by atoms with Gasteiger partial charge in [0.05, 0.1) is 0 Å². The average Bonchev–Trinajstić information content (AvgIpc) is 2.58. The Hall–Kier alpha value is -2.30. The SMILES string of the molecule is CC(CCNC(=O)OC(C(F)(F)F)C(F)(F)F)CC(C)(C)CNC(=O)OC(C(F)(F)F)C(F)(F)F. The Morgan fingerprint density at radius 1 is 0.686 bits per heavy atom. The van der Waals surface area contributed by atoms with Gasteiger partial charge in [0.2, 0.25) is 0 Å². The first-order chi connectivity index (χ1) is 15.4. The zero-order valence-electron chi connectivity index (χ0n) is 18.2. The minimum atomic E-state index is -5.89. The molecule has 0 rings (SSSR count). The van der Waals surface area contributed by atoms with Gasteiger partial charge in [-0.05, 0) is 24.2 Å². The van der Waals surface area contributed by atoms with Gasteiger partial charge >= 0.3 is 36.9 Å². The van der Waals surface area contributed by atoms with E-state index in [2.05, 4.69) is 9.47 Å². The van der Waals surface area contributed by atoms with Crippen LogP contribution in [0.15, 0.2) is 0 Å². The van der Waals surface area contributed by atoms with Crippen LogP contribution < -0.4 is 10.6 Å². The van der Waals surface area contributed by atoms with E-state index < -0.39 is 73.5 Å². The largest absolute Gasteiger partial charge is 0.434 e. The standard InChI is InChI=1S/C17H22F12N2O4/c1-8(4-5-30-11(32)34-9(14(18,19)20)15(21,22)23)6-13(2,3)7-31-12(33)35-10(16(24,25)26)17(27,28)29/h8-10H,4-7H2,1-3H3,(H,30,32)(H,31,33). The highest BCUT2D eigenvalue weighted by Gasteiger charge is 2.60. The Kier molecular flexibility index (Phi) is 10.9. The molecule has 0 spiro atoms. The van der Waals surface area contributed by atoms with Crippen molar-refractivity contribution in [1.82, 2.24) is 10.6 Å². The van der Waals surface area contributed by atoms with E-state index in [0.717, 1.165) is 0 Å². The quantitative estimate of drug-likeness (QED) is 0.355. The number of nitrogens with one attached hydrogen (secondary N) is 2. The second-order valence-electron chi connectivity index (χ2n) is 8.28. The summed E-state index contributed by atoms with van der Waals surface area (Å²) in [6.45, 7) is 3.55. The van der Waals surface area contributed by atoms with Crippen molar-refractivity contribution < 1.29 is 71.7 Å². The molecule has 0 saturated carbocycles. The molecule has 0 heterocycles. The fraction of sp³-hybridized carbons (Fsp3) is 0.882. The highest BCUT2D eigenvalue weighted by atomic mass is 19.4. The molecule has 0 bridgehead atoms. The Labute approximate surface area is 190 Å². The van der Waals surface area contributed by atoms with Crippen molar-refractivity contribution in [2.75, 3.05) is 13.1 Å². The van der Waals surface area contributed by atoms with Crippen molar-refractivity contribution in [1.29, 1.82) is 0 Å². The summed E-state index contributed by atoms with van der Waals surface area (Å²) in [5, 5.41) is 3.47. The summed E-state index contributed by atoms with van der Waals surface area (Å²) < 4.78 is 155. The molecule has 18 heteroatoms. The molecule has 0 aliphatic heterocycles. The van der Waals surface area contributed by atoms with Gasteiger partial charge in [-0.15, -0.1) is 0 Å². The minimum absolute atomic E-state index is 0.0180. The van der Waals surface area contributed by atoms with Gasteiger partial charge in [-0.2, -0.15) is 52.7 Å². The third-order valence-corrected chi connectivity index (χ3v) is 4.16. The van der Waals surface area contributed by atoms with Crippen molar-refractivity contribution in [2.24, 2.45) is 11.3 Å². The van der Waals surface area contributed by atoms with Gasteiger partial charge in [0.1, 0.15) is 0 Å². The summed E-state index contributed by atoms with van der Waals surface area (Å²) in [4.78, 5) is 22.7. The fourth-order valence-corrected chi connectivity index (χ4v) is 2.79. The van der Waals surface area contributed by atoms with E-state index >= 15 is 0 Å². The Morgan fingerprint density at radius 2 is 1.03 bits per heavy atom. The highest BCUT2D eigenvalue weighted by molar-refractivity contribution is 5.67. The van der Waals surface area contributed by atoms with E-state index in [1.807, 2.05) is 0 Å². The van der Waals surface area contributed by atoms with Crippen molar-refractivity contribution in [3.05, 3.63) is 0 Å². The first-order valence-electron chi connectivity index (χ1n) is 9.52. The fourth-order valence-electron chi connectivity index (χ4n) is 2.79. The number of hydrogen-bond acceptors (Lipinski definition) is 4. The number of halogens is 12. The molecule has 2 N–H and O–H groups in total. The van der Waals surface area contributed by atoms with Crippen molar-refractivity contribution in [3.8, 4) is 0 Å². The summed E-state index contributed by atoms with van der Waals surface area (Å²) in [6.07, 6.45) is -36.1. The molecule has 1 atom stereocenters. The lowest BCUT2D eigenvalue weighted by Gasteiger charge is -2.29. The van der Waals surface area contributed by atoms with E-state index in [1.165, 1.54) is 20.8 Å². The van der Waals surface area contributed by atoms with Crippen LogP contribution in [0.3, 0.4) is 0 Å². The van der Waals surface area contributed by atoms with Gasteiger partial charge in [0, 0.05) is 13.1 Å². The average molecular weight is 546 g/mol. The van der Waals surface area contributed by atoms with Gasteiger partial charge < -0.3 is 20.1 Å². The molecule has 0 aromatic rings. The number of hydrogen-bond donors (Lipinski definition) is 2. The summed E-state index contributed by atoms with van der Waals surface area (Å²) in [5.41, 5.74) is -0.956. The van der Waals surface area contributed by atoms with E-state index in [0.29, 0.717) is 0 Å². The maximum absolute atomic E-state index is 12.4. The Balaban J connectivity index is 4.65. The lowest BCUT2D eigenvalue weighted by Crippen LogP contribution is -2.48. The number of ether oxygens (including phenoxy) is 2. The maximum Gasteiger partial charge on any atom is 0.434 e. The predicted octanol–water partition coefficient (Wildman–Crippen LogP) is 5.87. The van der Waals surface area contributed by atoms with Crippen LogP contribution in [0.4, 0.5) is 62.3 Å². The summed E-state index contributed by atoms with van der Waals surface area (Å²) in [5.74, 6) is -0.428. The van der Waals surface area contributed by atoms with Gasteiger partial charge in [-0.25, -0.2) is 9.59 Å². The van der Waals surface area contributed by atoms with Crippen LogP contribution >= 0.6 is 0 Å². The number of alkyl carbamates (subject to hydrolysis) is 2. The number of carbonyl (C=O) groups excluding carboxylic acids is 2. The summed E-state index contributed by atoms with van der Waals surface area (Å²) >= 11 is 0. The van der Waals surface area contributed by atoms with Crippen molar-refractivity contribution in [3.63, 3.8) is 0 Å². The molecule has 1 unspecified atom stereocenters. The van der Waals surface area contributed by atoms with Crippen LogP contribution in [0.1, 0.15) is 33.6 Å². The zero-order valence-corrected chi connectivity index (χ0v) is 18.2. The van der Waals surface area contributed by atoms with E-state index in [9.17, 15) is 62.3 Å². The van der Waals surface area contributed by atoms with Crippen LogP contribution in [-0.2, 0) is 9.47 Å². The van der Waals surface area contributed by atoms with Crippen LogP contribution in [-0.4, -0.2) is 62.2 Å². The highest BCUT2D eigenvalue weighted by Crippen LogP contribution is 2.37. The van der Waals surface area contributed by atoms with Gasteiger partial charge in [-0.3, -0.25) is 0 Å². The van der Waals surface area contributed by atoms with Crippen LogP contribution in [0.2, 0.25) is 0 Å². The second kappa shape index (κ2) is 11.6. The van der Waals surface area contributed by atoms with Crippen molar-refractivity contribution in [2.45, 2.75) is 70.5 Å². The molecule has 2 amide bonds. The molecule has 6 nitrogen and oxygen atoms in total. The Bertz CT molecular complexity index is 673. The van der Waals surface area contributed by atoms with Crippen LogP contribution in [0, 0.1) is 11.3 Å². The smallest absolute Gasteiger partial charge is 0.427 e. The third kappa shape index (κ3) is 12.8. The van der Waals surface area contributed by atoms with Gasteiger partial charge in [0.15, 0.2) is 0 Å². The maximum atomic E-state index is 12.4. The number of alkyl halides is 12. The molecular weight excluding hydrogens is 524 g/mol. The molecule has 0 aromatic carbocycles.